The molecule has 0 bridgehead atoms. The quantitative estimate of drug-likeness (QED) is 0.805. The first-order valence-electron chi connectivity index (χ1n) is 3.83. The van der Waals surface area contributed by atoms with E-state index in [-0.39, 0.29) is 0 Å². The minimum atomic E-state index is 0.467. The lowest BCUT2D eigenvalue weighted by atomic mass is 10.0. The summed E-state index contributed by atoms with van der Waals surface area (Å²) < 4.78 is 1.89. The molecule has 1 aliphatic rings. The fourth-order valence-electron chi connectivity index (χ4n) is 1.17. The van der Waals surface area contributed by atoms with Gasteiger partial charge in [0.15, 0.2) is 0 Å². The van der Waals surface area contributed by atoms with E-state index in [1.54, 1.807) is 0 Å². The molecule has 1 fully saturated rings. The molecule has 1 unspecified atom stereocenters. The molecule has 0 amide bonds. The van der Waals surface area contributed by atoms with Crippen LogP contribution in [0.15, 0.2) is 21.2 Å². The van der Waals surface area contributed by atoms with Crippen molar-refractivity contribution in [2.45, 2.75) is 12.5 Å². The summed E-state index contributed by atoms with van der Waals surface area (Å²) in [7, 11) is 0. The molecule has 64 valence electrons. The zero-order chi connectivity index (χ0) is 8.55. The molecular weight excluding hydrogens is 284 g/mol. The summed E-state index contributed by atoms with van der Waals surface area (Å²) >= 11 is 6.77. The number of hydrogen-bond donors (Lipinski definition) is 1. The Morgan fingerprint density at radius 2 is 2.17 bits per heavy atom. The van der Waals surface area contributed by atoms with Gasteiger partial charge in [-0.2, -0.15) is 0 Å². The van der Waals surface area contributed by atoms with Gasteiger partial charge in [0, 0.05) is 0 Å². The van der Waals surface area contributed by atoms with Crippen molar-refractivity contribution in [2.24, 2.45) is 0 Å². The van der Waals surface area contributed by atoms with Crippen LogP contribution in [0.3, 0.4) is 0 Å². The Hall–Kier alpha value is 0.0700. The van der Waals surface area contributed by atoms with Gasteiger partial charge >= 0.3 is 0 Å². The molecule has 1 aliphatic heterocycles. The second-order valence-corrected chi connectivity index (χ2v) is 4.41. The van der Waals surface area contributed by atoms with Crippen molar-refractivity contribution in [1.82, 2.24) is 10.3 Å². The first-order chi connectivity index (χ1) is 5.77. The van der Waals surface area contributed by atoms with Crippen LogP contribution in [0, 0.1) is 0 Å². The predicted octanol–water partition coefficient (Wildman–Crippen LogP) is 2.64. The Balaban J connectivity index is 2.27. The molecule has 12 heavy (non-hydrogen) atoms. The number of pyridine rings is 1. The average Bonchev–Trinajstić information content (AvgIpc) is 1.93. The molecule has 2 heterocycles. The van der Waals surface area contributed by atoms with Crippen LogP contribution in [0.2, 0.25) is 0 Å². The lowest BCUT2D eigenvalue weighted by Crippen LogP contribution is -2.35. The largest absolute Gasteiger partial charge is 0.309 e. The van der Waals surface area contributed by atoms with E-state index in [1.165, 1.54) is 6.42 Å². The van der Waals surface area contributed by atoms with E-state index in [2.05, 4.69) is 42.2 Å². The van der Waals surface area contributed by atoms with Gasteiger partial charge in [-0.05, 0) is 57.0 Å². The molecule has 1 saturated heterocycles. The summed E-state index contributed by atoms with van der Waals surface area (Å²) in [6.07, 6.45) is 1.20. The Morgan fingerprint density at radius 1 is 1.42 bits per heavy atom. The number of nitrogens with one attached hydrogen (secondary N) is 1. The Kier molecular flexibility index (Phi) is 2.48. The van der Waals surface area contributed by atoms with Gasteiger partial charge < -0.3 is 5.32 Å². The molecule has 0 spiro atoms. The van der Waals surface area contributed by atoms with E-state index >= 15 is 0 Å². The number of aromatic nitrogens is 1. The normalized spacial score (nSPS) is 22.0. The van der Waals surface area contributed by atoms with E-state index in [4.69, 9.17) is 0 Å². The molecular formula is C8H8Br2N2. The molecule has 1 aromatic rings. The summed E-state index contributed by atoms with van der Waals surface area (Å²) in [6.45, 7) is 1.11. The van der Waals surface area contributed by atoms with E-state index in [0.717, 1.165) is 21.3 Å². The van der Waals surface area contributed by atoms with Gasteiger partial charge in [0.1, 0.15) is 4.60 Å². The second-order valence-electron chi connectivity index (χ2n) is 2.80. The fraction of sp³-hybridized carbons (Fsp3) is 0.375. The predicted molar refractivity (Wildman–Crippen MR) is 55.0 cm³/mol. The zero-order valence-corrected chi connectivity index (χ0v) is 9.52. The minimum absolute atomic E-state index is 0.467. The highest BCUT2D eigenvalue weighted by atomic mass is 79.9. The standard InChI is InChI=1S/C8H8Br2N2/c9-5-1-2-7(12-8(5)10)6-3-4-11-6/h1-2,6,11H,3-4H2. The summed E-state index contributed by atoms with van der Waals surface area (Å²) in [5.74, 6) is 0. The van der Waals surface area contributed by atoms with Gasteiger partial charge in [0.2, 0.25) is 0 Å². The third-order valence-electron chi connectivity index (χ3n) is 2.01. The summed E-state index contributed by atoms with van der Waals surface area (Å²) in [6, 6.07) is 4.53. The topological polar surface area (TPSA) is 24.9 Å². The van der Waals surface area contributed by atoms with Crippen LogP contribution in [0.1, 0.15) is 18.2 Å². The van der Waals surface area contributed by atoms with E-state index in [0.29, 0.717) is 6.04 Å². The molecule has 2 nitrogen and oxygen atoms in total. The molecule has 0 aliphatic carbocycles. The highest BCUT2D eigenvalue weighted by molar-refractivity contribution is 9.13. The lowest BCUT2D eigenvalue weighted by Gasteiger charge is -2.27. The van der Waals surface area contributed by atoms with Crippen LogP contribution in [0.5, 0.6) is 0 Å². The molecule has 1 atom stereocenters. The van der Waals surface area contributed by atoms with Gasteiger partial charge in [0.25, 0.3) is 0 Å². The Labute approximate surface area is 88.0 Å². The highest BCUT2D eigenvalue weighted by Gasteiger charge is 2.19. The van der Waals surface area contributed by atoms with Crippen molar-refractivity contribution >= 4 is 31.9 Å². The third-order valence-corrected chi connectivity index (χ3v) is 3.78. The summed E-state index contributed by atoms with van der Waals surface area (Å²) in [5.41, 5.74) is 1.12. The third kappa shape index (κ3) is 1.56. The van der Waals surface area contributed by atoms with Crippen molar-refractivity contribution in [3.05, 3.63) is 26.9 Å². The maximum atomic E-state index is 4.40. The first-order valence-corrected chi connectivity index (χ1v) is 5.41. The molecule has 1 N–H and O–H groups in total. The highest BCUT2D eigenvalue weighted by Crippen LogP contribution is 2.26. The van der Waals surface area contributed by atoms with E-state index in [9.17, 15) is 0 Å². The average molecular weight is 292 g/mol. The fourth-order valence-corrected chi connectivity index (χ4v) is 1.72. The maximum absolute atomic E-state index is 4.40. The van der Waals surface area contributed by atoms with E-state index in [1.807, 2.05) is 12.1 Å². The van der Waals surface area contributed by atoms with Crippen molar-refractivity contribution in [1.29, 1.82) is 0 Å². The number of rotatable bonds is 1. The van der Waals surface area contributed by atoms with Crippen LogP contribution in [-0.2, 0) is 0 Å². The number of nitrogens with zero attached hydrogens (tertiary/aromatic N) is 1. The Morgan fingerprint density at radius 3 is 2.67 bits per heavy atom. The lowest BCUT2D eigenvalue weighted by molar-refractivity contribution is 0.375. The molecule has 2 rings (SSSR count). The number of hydrogen-bond acceptors (Lipinski definition) is 2. The molecule has 0 aromatic carbocycles. The SMILES string of the molecule is Brc1ccc(C2CCN2)nc1Br. The summed E-state index contributed by atoms with van der Waals surface area (Å²) in [4.78, 5) is 4.40. The molecule has 0 radical (unpaired) electrons. The van der Waals surface area contributed by atoms with Gasteiger partial charge in [0.05, 0.1) is 16.2 Å². The van der Waals surface area contributed by atoms with Gasteiger partial charge in [-0.25, -0.2) is 4.98 Å². The second kappa shape index (κ2) is 3.44. The van der Waals surface area contributed by atoms with Crippen LogP contribution >= 0.6 is 31.9 Å². The van der Waals surface area contributed by atoms with Gasteiger partial charge in [-0.3, -0.25) is 0 Å². The maximum Gasteiger partial charge on any atom is 0.120 e. The van der Waals surface area contributed by atoms with Crippen molar-refractivity contribution in [2.75, 3.05) is 6.54 Å². The molecule has 1 aromatic heterocycles. The van der Waals surface area contributed by atoms with Crippen LogP contribution in [0.4, 0.5) is 0 Å². The Bertz CT molecular complexity index is 297. The molecule has 4 heteroatoms. The summed E-state index contributed by atoms with van der Waals surface area (Å²) in [5, 5.41) is 3.31. The van der Waals surface area contributed by atoms with Crippen molar-refractivity contribution in [3.63, 3.8) is 0 Å². The van der Waals surface area contributed by atoms with Crippen molar-refractivity contribution in [3.8, 4) is 0 Å². The van der Waals surface area contributed by atoms with Gasteiger partial charge in [-0.15, -0.1) is 0 Å². The minimum Gasteiger partial charge on any atom is -0.309 e. The van der Waals surface area contributed by atoms with E-state index < -0.39 is 0 Å². The first kappa shape index (κ1) is 8.66. The van der Waals surface area contributed by atoms with Crippen LogP contribution in [-0.4, -0.2) is 11.5 Å². The van der Waals surface area contributed by atoms with Crippen LogP contribution in [0.25, 0.3) is 0 Å². The van der Waals surface area contributed by atoms with Crippen molar-refractivity contribution < 1.29 is 0 Å². The van der Waals surface area contributed by atoms with Crippen LogP contribution < -0.4 is 5.32 Å². The smallest absolute Gasteiger partial charge is 0.120 e. The zero-order valence-electron chi connectivity index (χ0n) is 6.35. The monoisotopic (exact) mass is 290 g/mol. The van der Waals surface area contributed by atoms with Gasteiger partial charge in [-0.1, -0.05) is 0 Å². The molecule has 0 saturated carbocycles. The number of halogens is 2.